The number of alkyl halides is 6. The molecule has 0 saturated heterocycles. The number of aliphatic hydroxyl groups excluding tert-OH is 1. The number of hydrogen-bond acceptors (Lipinski definition) is 3. The van der Waals surface area contributed by atoms with E-state index in [1.165, 1.54) is 0 Å². The summed E-state index contributed by atoms with van der Waals surface area (Å²) in [6.45, 7) is -2.36. The van der Waals surface area contributed by atoms with Gasteiger partial charge in [-0.3, -0.25) is 0 Å². The van der Waals surface area contributed by atoms with E-state index in [9.17, 15) is 31.4 Å². The summed E-state index contributed by atoms with van der Waals surface area (Å²) in [7, 11) is 0. The Morgan fingerprint density at radius 3 is 2.25 bits per heavy atom. The highest BCUT2D eigenvalue weighted by molar-refractivity contribution is 6.30. The summed E-state index contributed by atoms with van der Waals surface area (Å²) in [6, 6.07) is 1.40. The number of aliphatic hydroxyl groups is 1. The third-order valence-electron chi connectivity index (χ3n) is 2.07. The highest BCUT2D eigenvalue weighted by Gasteiger charge is 2.33. The maximum absolute atomic E-state index is 12.3. The Morgan fingerprint density at radius 1 is 1.20 bits per heavy atom. The molecule has 1 atom stereocenters. The van der Waals surface area contributed by atoms with Crippen LogP contribution in [0.2, 0.25) is 5.15 Å². The van der Waals surface area contributed by atoms with Gasteiger partial charge in [-0.15, -0.1) is 0 Å². The van der Waals surface area contributed by atoms with E-state index < -0.39 is 42.5 Å². The van der Waals surface area contributed by atoms with E-state index in [1.54, 1.807) is 0 Å². The number of hydrogen-bond donors (Lipinski definition) is 1. The molecule has 1 rings (SSSR count). The Bertz CT molecular complexity index is 462. The standard InChI is InChI=1S/C10H8ClF6NO2/c11-8-5(1-2-7(18-8)10(15,16)17)6(19)3-20-4-9(12,13)14/h1-2,6,19H,3-4H2. The first-order valence-electron chi connectivity index (χ1n) is 5.07. The summed E-state index contributed by atoms with van der Waals surface area (Å²) in [6.07, 6.45) is -10.9. The number of pyridine rings is 1. The molecular formula is C10H8ClF6NO2. The van der Waals surface area contributed by atoms with Crippen LogP contribution in [0.5, 0.6) is 0 Å². The van der Waals surface area contributed by atoms with Gasteiger partial charge in [0.1, 0.15) is 23.6 Å². The Balaban J connectivity index is 2.72. The summed E-state index contributed by atoms with van der Waals surface area (Å²) in [4.78, 5) is 3.02. The molecule has 1 unspecified atom stereocenters. The van der Waals surface area contributed by atoms with Gasteiger partial charge >= 0.3 is 12.4 Å². The maximum atomic E-state index is 12.3. The smallest absolute Gasteiger partial charge is 0.386 e. The molecule has 114 valence electrons. The predicted octanol–water partition coefficient (Wildman–Crippen LogP) is 3.37. The molecule has 0 radical (unpaired) electrons. The minimum atomic E-state index is -4.71. The summed E-state index contributed by atoms with van der Waals surface area (Å²) < 4.78 is 76.5. The van der Waals surface area contributed by atoms with Gasteiger partial charge < -0.3 is 9.84 Å². The van der Waals surface area contributed by atoms with E-state index in [2.05, 4.69) is 9.72 Å². The van der Waals surface area contributed by atoms with Crippen LogP contribution in [0.3, 0.4) is 0 Å². The van der Waals surface area contributed by atoms with Crippen molar-refractivity contribution in [3.8, 4) is 0 Å². The van der Waals surface area contributed by atoms with Crippen molar-refractivity contribution >= 4 is 11.6 Å². The van der Waals surface area contributed by atoms with Crippen molar-refractivity contribution in [1.82, 2.24) is 4.98 Å². The van der Waals surface area contributed by atoms with Crippen molar-refractivity contribution in [3.63, 3.8) is 0 Å². The van der Waals surface area contributed by atoms with E-state index >= 15 is 0 Å². The lowest BCUT2D eigenvalue weighted by molar-refractivity contribution is -0.179. The van der Waals surface area contributed by atoms with Gasteiger partial charge in [0.25, 0.3) is 0 Å². The zero-order valence-electron chi connectivity index (χ0n) is 9.59. The monoisotopic (exact) mass is 323 g/mol. The van der Waals surface area contributed by atoms with Gasteiger partial charge in [-0.25, -0.2) is 4.98 Å². The number of rotatable bonds is 4. The van der Waals surface area contributed by atoms with Crippen molar-refractivity contribution in [2.24, 2.45) is 0 Å². The molecule has 0 aliphatic rings. The summed E-state index contributed by atoms with van der Waals surface area (Å²) in [5.41, 5.74) is -1.52. The van der Waals surface area contributed by atoms with Gasteiger partial charge in [0, 0.05) is 5.56 Å². The van der Waals surface area contributed by atoms with Crippen molar-refractivity contribution in [1.29, 1.82) is 0 Å². The molecule has 0 saturated carbocycles. The average molecular weight is 324 g/mol. The Morgan fingerprint density at radius 2 is 1.80 bits per heavy atom. The van der Waals surface area contributed by atoms with Gasteiger partial charge in [-0.1, -0.05) is 17.7 Å². The zero-order valence-corrected chi connectivity index (χ0v) is 10.4. The quantitative estimate of drug-likeness (QED) is 0.682. The van der Waals surface area contributed by atoms with Crippen LogP contribution in [0.4, 0.5) is 26.3 Å². The fourth-order valence-electron chi connectivity index (χ4n) is 1.23. The molecule has 0 aromatic carbocycles. The third kappa shape index (κ3) is 5.14. The zero-order chi connectivity index (χ0) is 15.6. The summed E-state index contributed by atoms with van der Waals surface area (Å²) in [5, 5.41) is 8.84. The van der Waals surface area contributed by atoms with Crippen LogP contribution in [0, 0.1) is 0 Å². The Hall–Kier alpha value is -1.06. The highest BCUT2D eigenvalue weighted by Crippen LogP contribution is 2.31. The van der Waals surface area contributed by atoms with Crippen molar-refractivity contribution < 1.29 is 36.2 Å². The predicted molar refractivity (Wildman–Crippen MR) is 56.1 cm³/mol. The van der Waals surface area contributed by atoms with Crippen molar-refractivity contribution in [2.45, 2.75) is 18.5 Å². The van der Waals surface area contributed by atoms with Crippen LogP contribution >= 0.6 is 11.6 Å². The fraction of sp³-hybridized carbons (Fsp3) is 0.500. The van der Waals surface area contributed by atoms with Crippen LogP contribution in [0.25, 0.3) is 0 Å². The number of ether oxygens (including phenoxy) is 1. The Kier molecular flexibility index (Phi) is 5.22. The molecule has 1 N–H and O–H groups in total. The molecule has 1 aromatic heterocycles. The van der Waals surface area contributed by atoms with Crippen molar-refractivity contribution in [3.05, 3.63) is 28.5 Å². The van der Waals surface area contributed by atoms with Gasteiger partial charge in [0.05, 0.1) is 6.61 Å². The molecule has 0 bridgehead atoms. The van der Waals surface area contributed by atoms with Gasteiger partial charge in [0.15, 0.2) is 0 Å². The first kappa shape index (κ1) is 17.0. The lowest BCUT2D eigenvalue weighted by atomic mass is 10.1. The summed E-state index contributed by atoms with van der Waals surface area (Å²) >= 11 is 5.45. The van der Waals surface area contributed by atoms with E-state index in [4.69, 9.17) is 11.6 Å². The molecule has 1 heterocycles. The van der Waals surface area contributed by atoms with Crippen LogP contribution in [0.1, 0.15) is 17.4 Å². The molecule has 20 heavy (non-hydrogen) atoms. The van der Waals surface area contributed by atoms with E-state index in [1.807, 2.05) is 0 Å². The van der Waals surface area contributed by atoms with E-state index in [-0.39, 0.29) is 5.56 Å². The molecule has 3 nitrogen and oxygen atoms in total. The van der Waals surface area contributed by atoms with Gasteiger partial charge in [0.2, 0.25) is 0 Å². The molecule has 0 aliphatic heterocycles. The van der Waals surface area contributed by atoms with Crippen LogP contribution in [0.15, 0.2) is 12.1 Å². The van der Waals surface area contributed by atoms with Gasteiger partial charge in [-0.2, -0.15) is 26.3 Å². The minimum absolute atomic E-state index is 0.248. The normalized spacial score (nSPS) is 14.4. The number of nitrogens with zero attached hydrogens (tertiary/aromatic N) is 1. The second-order valence-electron chi connectivity index (χ2n) is 3.72. The molecular weight excluding hydrogens is 316 g/mol. The maximum Gasteiger partial charge on any atom is 0.433 e. The molecule has 10 heteroatoms. The average Bonchev–Trinajstić information content (AvgIpc) is 2.25. The van der Waals surface area contributed by atoms with Crippen LogP contribution in [-0.2, 0) is 10.9 Å². The third-order valence-corrected chi connectivity index (χ3v) is 2.37. The molecule has 0 amide bonds. The first-order valence-corrected chi connectivity index (χ1v) is 5.44. The molecule has 1 aromatic rings. The molecule has 0 aliphatic carbocycles. The topological polar surface area (TPSA) is 42.4 Å². The molecule has 0 spiro atoms. The first-order chi connectivity index (χ1) is 9.00. The highest BCUT2D eigenvalue weighted by atomic mass is 35.5. The minimum Gasteiger partial charge on any atom is -0.386 e. The summed E-state index contributed by atoms with van der Waals surface area (Å²) in [5.74, 6) is 0. The second-order valence-corrected chi connectivity index (χ2v) is 4.08. The van der Waals surface area contributed by atoms with E-state index in [0.29, 0.717) is 6.07 Å². The second kappa shape index (κ2) is 6.15. The van der Waals surface area contributed by atoms with Gasteiger partial charge in [-0.05, 0) is 6.07 Å². The SMILES string of the molecule is OC(COCC(F)(F)F)c1ccc(C(F)(F)F)nc1Cl. The van der Waals surface area contributed by atoms with Crippen molar-refractivity contribution in [2.75, 3.05) is 13.2 Å². The number of aromatic nitrogens is 1. The number of halogens is 7. The Labute approximate surface area is 114 Å². The van der Waals surface area contributed by atoms with Crippen LogP contribution in [-0.4, -0.2) is 29.5 Å². The molecule has 0 fully saturated rings. The largest absolute Gasteiger partial charge is 0.433 e. The lowest BCUT2D eigenvalue weighted by Gasteiger charge is -2.15. The fourth-order valence-corrected chi connectivity index (χ4v) is 1.51. The van der Waals surface area contributed by atoms with E-state index in [0.717, 1.165) is 6.07 Å². The van der Waals surface area contributed by atoms with Crippen LogP contribution < -0.4 is 0 Å². The lowest BCUT2D eigenvalue weighted by Crippen LogP contribution is -2.20.